The van der Waals surface area contributed by atoms with Gasteiger partial charge < -0.3 is 5.73 Å². The molecular formula is C23H18FN3OS. The maximum atomic E-state index is 13.7. The van der Waals surface area contributed by atoms with Gasteiger partial charge in [-0.3, -0.25) is 9.78 Å². The number of halogens is 1. The van der Waals surface area contributed by atoms with Crippen LogP contribution in [0.3, 0.4) is 0 Å². The van der Waals surface area contributed by atoms with Crippen LogP contribution < -0.4 is 5.73 Å². The van der Waals surface area contributed by atoms with Gasteiger partial charge in [-0.05, 0) is 59.5 Å². The van der Waals surface area contributed by atoms with Crippen LogP contribution in [0.2, 0.25) is 0 Å². The molecule has 6 heteroatoms. The Bertz CT molecular complexity index is 1220. The fraction of sp³-hybridized carbons (Fsp3) is 0.0870. The summed E-state index contributed by atoms with van der Waals surface area (Å²) >= 11 is 1.45. The van der Waals surface area contributed by atoms with Gasteiger partial charge in [-0.15, -0.1) is 11.8 Å². The highest BCUT2D eigenvalue weighted by Gasteiger charge is 2.18. The van der Waals surface area contributed by atoms with Crippen molar-refractivity contribution >= 4 is 28.6 Å². The zero-order valence-corrected chi connectivity index (χ0v) is 16.5. The summed E-state index contributed by atoms with van der Waals surface area (Å²) in [4.78, 5) is 21.1. The van der Waals surface area contributed by atoms with Crippen molar-refractivity contribution in [3.63, 3.8) is 0 Å². The van der Waals surface area contributed by atoms with E-state index < -0.39 is 5.91 Å². The molecule has 0 unspecified atom stereocenters. The first-order chi connectivity index (χ1) is 14.0. The average Bonchev–Trinajstić information content (AvgIpc) is 2.73. The predicted octanol–water partition coefficient (Wildman–Crippen LogP) is 5.14. The molecule has 0 atom stereocenters. The second-order valence-corrected chi connectivity index (χ2v) is 7.61. The van der Waals surface area contributed by atoms with Crippen molar-refractivity contribution in [2.24, 2.45) is 5.73 Å². The Kier molecular flexibility index (Phi) is 5.27. The number of nitrogens with two attached hydrogens (primary N) is 1. The molecule has 0 radical (unpaired) electrons. The summed E-state index contributed by atoms with van der Waals surface area (Å²) in [5.74, 6) is -0.234. The van der Waals surface area contributed by atoms with Crippen molar-refractivity contribution in [1.82, 2.24) is 9.97 Å². The SMILES string of the molecule is Cc1cc(-c2ccnc(SCc3ccnc4ccccc34)c2C(N)=O)ccc1F. The first-order valence-corrected chi connectivity index (χ1v) is 10.0. The fourth-order valence-corrected chi connectivity index (χ4v) is 4.30. The maximum absolute atomic E-state index is 13.7. The van der Waals surface area contributed by atoms with E-state index in [9.17, 15) is 9.18 Å². The topological polar surface area (TPSA) is 68.9 Å². The molecule has 2 aromatic carbocycles. The van der Waals surface area contributed by atoms with Gasteiger partial charge in [0.25, 0.3) is 5.91 Å². The molecule has 4 nitrogen and oxygen atoms in total. The number of carbonyl (C=O) groups is 1. The average molecular weight is 403 g/mol. The number of amides is 1. The Balaban J connectivity index is 1.72. The van der Waals surface area contributed by atoms with E-state index in [1.807, 2.05) is 30.3 Å². The minimum Gasteiger partial charge on any atom is -0.365 e. The first kappa shape index (κ1) is 19.1. The Morgan fingerprint density at radius 1 is 1.07 bits per heavy atom. The largest absolute Gasteiger partial charge is 0.365 e. The molecule has 0 saturated carbocycles. The highest BCUT2D eigenvalue weighted by molar-refractivity contribution is 7.98. The molecule has 0 aliphatic carbocycles. The quantitative estimate of drug-likeness (QED) is 0.469. The van der Waals surface area contributed by atoms with E-state index >= 15 is 0 Å². The van der Waals surface area contributed by atoms with Crippen LogP contribution in [-0.2, 0) is 5.75 Å². The van der Waals surface area contributed by atoms with E-state index in [1.165, 1.54) is 17.8 Å². The molecule has 4 aromatic rings. The first-order valence-electron chi connectivity index (χ1n) is 9.05. The number of pyridine rings is 2. The van der Waals surface area contributed by atoms with Gasteiger partial charge in [-0.1, -0.05) is 24.3 Å². The van der Waals surface area contributed by atoms with Crippen LogP contribution in [-0.4, -0.2) is 15.9 Å². The number of aromatic nitrogens is 2. The molecule has 0 spiro atoms. The van der Waals surface area contributed by atoms with Crippen molar-refractivity contribution < 1.29 is 9.18 Å². The highest BCUT2D eigenvalue weighted by atomic mass is 32.2. The molecule has 2 N–H and O–H groups in total. The third-order valence-corrected chi connectivity index (χ3v) is 5.77. The van der Waals surface area contributed by atoms with Crippen LogP contribution >= 0.6 is 11.8 Å². The van der Waals surface area contributed by atoms with Gasteiger partial charge in [-0.2, -0.15) is 0 Å². The Labute approximate surface area is 172 Å². The Hall–Kier alpha value is -3.25. The minimum absolute atomic E-state index is 0.289. The summed E-state index contributed by atoms with van der Waals surface area (Å²) in [5.41, 5.74) is 9.96. The van der Waals surface area contributed by atoms with Crippen molar-refractivity contribution in [3.8, 4) is 11.1 Å². The number of aryl methyl sites for hydroxylation is 1. The van der Waals surface area contributed by atoms with Crippen molar-refractivity contribution in [2.75, 3.05) is 0 Å². The number of carbonyl (C=O) groups excluding carboxylic acids is 1. The number of nitrogens with zero attached hydrogens (tertiary/aromatic N) is 2. The second-order valence-electron chi connectivity index (χ2n) is 6.64. The standard InChI is InChI=1S/C23H18FN3OS/c1-14-12-15(6-7-19(14)24)18-9-11-27-23(21(18)22(25)28)29-13-16-8-10-26-20-5-3-2-4-17(16)20/h2-12H,13H2,1H3,(H2,25,28). The molecule has 144 valence electrons. The number of thioether (sulfide) groups is 1. The molecule has 4 rings (SSSR count). The molecule has 0 aliphatic rings. The van der Waals surface area contributed by atoms with Gasteiger partial charge in [0.1, 0.15) is 10.8 Å². The summed E-state index contributed by atoms with van der Waals surface area (Å²) in [7, 11) is 0. The molecule has 2 heterocycles. The van der Waals surface area contributed by atoms with E-state index in [0.29, 0.717) is 27.5 Å². The Morgan fingerprint density at radius 2 is 1.86 bits per heavy atom. The molecule has 0 fully saturated rings. The number of para-hydroxylation sites is 1. The zero-order valence-electron chi connectivity index (χ0n) is 15.7. The molecule has 0 bridgehead atoms. The Morgan fingerprint density at radius 3 is 2.66 bits per heavy atom. The van der Waals surface area contributed by atoms with Crippen LogP contribution in [0, 0.1) is 12.7 Å². The summed E-state index contributed by atoms with van der Waals surface area (Å²) in [6.45, 7) is 1.69. The molecule has 0 aliphatic heterocycles. The molecule has 2 aromatic heterocycles. The number of fused-ring (bicyclic) bond motifs is 1. The van der Waals surface area contributed by atoms with Crippen LogP contribution in [0.1, 0.15) is 21.5 Å². The molecule has 29 heavy (non-hydrogen) atoms. The number of primary amides is 1. The lowest BCUT2D eigenvalue weighted by atomic mass is 9.99. The minimum atomic E-state index is -0.558. The lowest BCUT2D eigenvalue weighted by Gasteiger charge is -2.13. The van der Waals surface area contributed by atoms with Gasteiger partial charge in [0.05, 0.1) is 11.1 Å². The monoisotopic (exact) mass is 403 g/mol. The summed E-state index contributed by atoms with van der Waals surface area (Å²) in [5, 5.41) is 1.62. The third kappa shape index (κ3) is 3.84. The van der Waals surface area contributed by atoms with Gasteiger partial charge in [0, 0.05) is 23.5 Å². The number of rotatable bonds is 5. The van der Waals surface area contributed by atoms with E-state index in [1.54, 1.807) is 37.5 Å². The third-order valence-electron chi connectivity index (χ3n) is 4.74. The summed E-state index contributed by atoms with van der Waals surface area (Å²) in [6.07, 6.45) is 3.42. The normalized spacial score (nSPS) is 11.0. The van der Waals surface area contributed by atoms with E-state index in [0.717, 1.165) is 22.0 Å². The summed E-state index contributed by atoms with van der Waals surface area (Å²) in [6, 6.07) is 16.4. The molecule has 0 saturated heterocycles. The van der Waals surface area contributed by atoms with Gasteiger partial charge >= 0.3 is 0 Å². The fourth-order valence-electron chi connectivity index (χ4n) is 3.27. The van der Waals surface area contributed by atoms with Gasteiger partial charge in [-0.25, -0.2) is 9.37 Å². The number of hydrogen-bond acceptors (Lipinski definition) is 4. The van der Waals surface area contributed by atoms with Gasteiger partial charge in [0.15, 0.2) is 0 Å². The van der Waals surface area contributed by atoms with Crippen molar-refractivity contribution in [2.45, 2.75) is 17.7 Å². The smallest absolute Gasteiger partial charge is 0.252 e. The van der Waals surface area contributed by atoms with Gasteiger partial charge in [0.2, 0.25) is 0 Å². The molecule has 1 amide bonds. The summed E-state index contributed by atoms with van der Waals surface area (Å²) < 4.78 is 13.7. The van der Waals surface area contributed by atoms with Crippen LogP contribution in [0.15, 0.2) is 72.0 Å². The van der Waals surface area contributed by atoms with E-state index in [2.05, 4.69) is 9.97 Å². The van der Waals surface area contributed by atoms with Crippen LogP contribution in [0.25, 0.3) is 22.0 Å². The second kappa shape index (κ2) is 8.01. The van der Waals surface area contributed by atoms with Crippen molar-refractivity contribution in [3.05, 3.63) is 89.5 Å². The highest BCUT2D eigenvalue weighted by Crippen LogP contribution is 2.33. The molecular weight excluding hydrogens is 385 g/mol. The predicted molar refractivity (Wildman–Crippen MR) is 114 cm³/mol. The number of benzene rings is 2. The van der Waals surface area contributed by atoms with Crippen LogP contribution in [0.5, 0.6) is 0 Å². The van der Waals surface area contributed by atoms with Crippen molar-refractivity contribution in [1.29, 1.82) is 0 Å². The maximum Gasteiger partial charge on any atom is 0.252 e. The lowest BCUT2D eigenvalue weighted by Crippen LogP contribution is -2.15. The number of hydrogen-bond donors (Lipinski definition) is 1. The van der Waals surface area contributed by atoms with E-state index in [4.69, 9.17) is 5.73 Å². The van der Waals surface area contributed by atoms with Crippen LogP contribution in [0.4, 0.5) is 4.39 Å². The zero-order chi connectivity index (χ0) is 20.4. The van der Waals surface area contributed by atoms with E-state index in [-0.39, 0.29) is 5.82 Å². The lowest BCUT2D eigenvalue weighted by molar-refractivity contribution is 0.0997.